The first kappa shape index (κ1) is 17.7. The van der Waals surface area contributed by atoms with Gasteiger partial charge >= 0.3 is 5.97 Å². The summed E-state index contributed by atoms with van der Waals surface area (Å²) in [7, 11) is 1.45. The molecule has 0 aromatic heterocycles. The largest absolute Gasteiger partial charge is 0.484 e. The average Bonchev–Trinajstić information content (AvgIpc) is 2.58. The quantitative estimate of drug-likeness (QED) is 0.771. The number of esters is 1. The molecule has 0 amide bonds. The van der Waals surface area contributed by atoms with Crippen LogP contribution in [-0.2, 0) is 9.53 Å². The van der Waals surface area contributed by atoms with Gasteiger partial charge in [-0.05, 0) is 56.7 Å². The molecule has 142 valence electrons. The van der Waals surface area contributed by atoms with Crippen LogP contribution < -0.4 is 14.5 Å². The Morgan fingerprint density at radius 3 is 2.63 bits per heavy atom. The standard InChI is InChI=1S/C22H26N2O3/c1-15-8-9-19-20(10-15)27-22(2,3)14-24(19)18-7-5-6-17(11-18)23-12-16(13-23)21(25)26-4/h5-11,16H,12-14H2,1-4H3. The van der Waals surface area contributed by atoms with E-state index >= 15 is 0 Å². The summed E-state index contributed by atoms with van der Waals surface area (Å²) in [6, 6.07) is 14.8. The van der Waals surface area contributed by atoms with E-state index in [0.29, 0.717) is 13.1 Å². The van der Waals surface area contributed by atoms with E-state index in [1.54, 1.807) is 0 Å². The molecule has 0 aliphatic carbocycles. The molecule has 2 aliphatic rings. The van der Waals surface area contributed by atoms with Crippen molar-refractivity contribution in [2.75, 3.05) is 36.5 Å². The number of hydrogen-bond donors (Lipinski definition) is 0. The lowest BCUT2D eigenvalue weighted by Crippen LogP contribution is -2.51. The van der Waals surface area contributed by atoms with E-state index in [4.69, 9.17) is 9.47 Å². The van der Waals surface area contributed by atoms with Crippen LogP contribution in [0.1, 0.15) is 19.4 Å². The number of ether oxygens (including phenoxy) is 2. The summed E-state index contributed by atoms with van der Waals surface area (Å²) in [5, 5.41) is 0. The molecular weight excluding hydrogens is 340 g/mol. The van der Waals surface area contributed by atoms with Crippen LogP contribution in [0.4, 0.5) is 17.1 Å². The van der Waals surface area contributed by atoms with Crippen molar-refractivity contribution >= 4 is 23.0 Å². The fourth-order valence-electron chi connectivity index (χ4n) is 3.82. The molecule has 0 spiro atoms. The third kappa shape index (κ3) is 3.34. The van der Waals surface area contributed by atoms with Gasteiger partial charge in [-0.25, -0.2) is 0 Å². The first-order valence-electron chi connectivity index (χ1n) is 9.36. The lowest BCUT2D eigenvalue weighted by Gasteiger charge is -2.42. The second-order valence-electron chi connectivity index (χ2n) is 8.06. The topological polar surface area (TPSA) is 42.0 Å². The monoisotopic (exact) mass is 366 g/mol. The normalized spacial score (nSPS) is 18.4. The molecule has 2 aromatic rings. The van der Waals surface area contributed by atoms with Gasteiger partial charge in [0.1, 0.15) is 11.4 Å². The van der Waals surface area contributed by atoms with Gasteiger partial charge in [0.2, 0.25) is 0 Å². The molecule has 0 unspecified atom stereocenters. The lowest BCUT2D eigenvalue weighted by atomic mass is 9.99. The van der Waals surface area contributed by atoms with Crippen LogP contribution in [0.25, 0.3) is 0 Å². The Morgan fingerprint density at radius 1 is 1.15 bits per heavy atom. The zero-order valence-electron chi connectivity index (χ0n) is 16.4. The van der Waals surface area contributed by atoms with Gasteiger partial charge in [0, 0.05) is 24.5 Å². The molecule has 5 heteroatoms. The first-order valence-corrected chi connectivity index (χ1v) is 9.36. The predicted octanol–water partition coefficient (Wildman–Crippen LogP) is 3.91. The van der Waals surface area contributed by atoms with Crippen molar-refractivity contribution in [1.82, 2.24) is 0 Å². The molecule has 0 saturated carbocycles. The number of hydrogen-bond acceptors (Lipinski definition) is 5. The van der Waals surface area contributed by atoms with Gasteiger partial charge in [0.05, 0.1) is 25.3 Å². The number of nitrogens with zero attached hydrogens (tertiary/aromatic N) is 2. The summed E-state index contributed by atoms with van der Waals surface area (Å²) in [5.74, 6) is 0.776. The number of carbonyl (C=O) groups is 1. The van der Waals surface area contributed by atoms with E-state index in [9.17, 15) is 4.79 Å². The maximum absolute atomic E-state index is 11.7. The van der Waals surface area contributed by atoms with Crippen LogP contribution in [0.2, 0.25) is 0 Å². The van der Waals surface area contributed by atoms with Gasteiger partial charge < -0.3 is 19.3 Å². The molecule has 0 atom stereocenters. The number of anilines is 3. The Bertz CT molecular complexity index is 872. The highest BCUT2D eigenvalue weighted by Crippen LogP contribution is 2.42. The molecule has 1 fully saturated rings. The molecule has 0 N–H and O–H groups in total. The van der Waals surface area contributed by atoms with Crippen molar-refractivity contribution in [2.24, 2.45) is 5.92 Å². The summed E-state index contributed by atoms with van der Waals surface area (Å²) in [4.78, 5) is 16.2. The fourth-order valence-corrected chi connectivity index (χ4v) is 3.82. The summed E-state index contributed by atoms with van der Waals surface area (Å²) in [6.07, 6.45) is 0. The Balaban J connectivity index is 1.62. The number of benzene rings is 2. The van der Waals surface area contributed by atoms with E-state index < -0.39 is 0 Å². The van der Waals surface area contributed by atoms with Gasteiger partial charge in [0.15, 0.2) is 0 Å². The maximum Gasteiger partial charge on any atom is 0.312 e. The van der Waals surface area contributed by atoms with Gasteiger partial charge in [-0.3, -0.25) is 4.79 Å². The highest BCUT2D eigenvalue weighted by atomic mass is 16.5. The number of fused-ring (bicyclic) bond motifs is 1. The van der Waals surface area contributed by atoms with Crippen molar-refractivity contribution in [3.8, 4) is 5.75 Å². The van der Waals surface area contributed by atoms with Crippen LogP contribution >= 0.6 is 0 Å². The number of aryl methyl sites for hydroxylation is 1. The van der Waals surface area contributed by atoms with Crippen molar-refractivity contribution in [3.63, 3.8) is 0 Å². The summed E-state index contributed by atoms with van der Waals surface area (Å²) in [5.41, 5.74) is 4.27. The van der Waals surface area contributed by atoms with Crippen LogP contribution in [0.5, 0.6) is 5.75 Å². The third-order valence-corrected chi connectivity index (χ3v) is 5.25. The number of rotatable bonds is 3. The maximum atomic E-state index is 11.7. The van der Waals surface area contributed by atoms with Crippen molar-refractivity contribution in [3.05, 3.63) is 48.0 Å². The van der Waals surface area contributed by atoms with Crippen molar-refractivity contribution < 1.29 is 14.3 Å². The van der Waals surface area contributed by atoms with E-state index in [1.165, 1.54) is 12.7 Å². The van der Waals surface area contributed by atoms with Gasteiger partial charge in [0.25, 0.3) is 0 Å². The molecular formula is C22H26N2O3. The Morgan fingerprint density at radius 2 is 1.89 bits per heavy atom. The minimum atomic E-state index is -0.274. The highest BCUT2D eigenvalue weighted by molar-refractivity contribution is 5.78. The SMILES string of the molecule is COC(=O)C1CN(c2cccc(N3CC(C)(C)Oc4cc(C)ccc43)c2)C1. The predicted molar refractivity (Wildman–Crippen MR) is 107 cm³/mol. The minimum Gasteiger partial charge on any atom is -0.484 e. The van der Waals surface area contributed by atoms with Gasteiger partial charge in [-0.1, -0.05) is 12.1 Å². The number of methoxy groups -OCH3 is 1. The highest BCUT2D eigenvalue weighted by Gasteiger charge is 2.35. The Hall–Kier alpha value is -2.69. The van der Waals surface area contributed by atoms with E-state index in [1.807, 2.05) is 0 Å². The molecule has 1 saturated heterocycles. The molecule has 0 radical (unpaired) electrons. The zero-order valence-corrected chi connectivity index (χ0v) is 16.4. The smallest absolute Gasteiger partial charge is 0.312 e. The van der Waals surface area contributed by atoms with Crippen LogP contribution in [0.15, 0.2) is 42.5 Å². The summed E-state index contributed by atoms with van der Waals surface area (Å²) >= 11 is 0. The second-order valence-corrected chi connectivity index (χ2v) is 8.06. The summed E-state index contributed by atoms with van der Waals surface area (Å²) in [6.45, 7) is 8.51. The third-order valence-electron chi connectivity index (χ3n) is 5.25. The van der Waals surface area contributed by atoms with E-state index in [0.717, 1.165) is 29.4 Å². The molecule has 0 bridgehead atoms. The van der Waals surface area contributed by atoms with Crippen molar-refractivity contribution in [2.45, 2.75) is 26.4 Å². The average molecular weight is 366 g/mol. The van der Waals surface area contributed by atoms with Crippen LogP contribution in [0, 0.1) is 12.8 Å². The molecule has 2 aliphatic heterocycles. The molecule has 2 aromatic carbocycles. The second kappa shape index (κ2) is 6.48. The Labute approximate surface area is 160 Å². The number of carbonyl (C=O) groups excluding carboxylic acids is 1. The summed E-state index contributed by atoms with van der Waals surface area (Å²) < 4.78 is 11.1. The van der Waals surface area contributed by atoms with Crippen LogP contribution in [0.3, 0.4) is 0 Å². The van der Waals surface area contributed by atoms with Crippen LogP contribution in [-0.4, -0.2) is 38.3 Å². The molecule has 27 heavy (non-hydrogen) atoms. The molecule has 4 rings (SSSR count). The van der Waals surface area contributed by atoms with E-state index in [-0.39, 0.29) is 17.5 Å². The first-order chi connectivity index (χ1) is 12.9. The fraction of sp³-hybridized carbons (Fsp3) is 0.409. The minimum absolute atomic E-state index is 0.0234. The van der Waals surface area contributed by atoms with Gasteiger partial charge in [-0.2, -0.15) is 0 Å². The van der Waals surface area contributed by atoms with E-state index in [2.05, 4.69) is 73.0 Å². The van der Waals surface area contributed by atoms with Crippen molar-refractivity contribution in [1.29, 1.82) is 0 Å². The zero-order chi connectivity index (χ0) is 19.2. The molecule has 5 nitrogen and oxygen atoms in total. The van der Waals surface area contributed by atoms with Gasteiger partial charge in [-0.15, -0.1) is 0 Å². The molecule has 2 heterocycles. The lowest BCUT2D eigenvalue weighted by molar-refractivity contribution is -0.146. The Kier molecular flexibility index (Phi) is 4.25.